The summed E-state index contributed by atoms with van der Waals surface area (Å²) in [6.45, 7) is 0.657. The van der Waals surface area contributed by atoms with Gasteiger partial charge in [-0.3, -0.25) is 4.79 Å². The quantitative estimate of drug-likeness (QED) is 0.904. The molecule has 0 aromatic heterocycles. The molecule has 1 aromatic carbocycles. The fraction of sp³-hybridized carbons (Fsp3) is 0.562. The topological polar surface area (TPSA) is 46.3 Å². The lowest BCUT2D eigenvalue weighted by molar-refractivity contribution is -0.137. The number of halogens is 4. The van der Waals surface area contributed by atoms with Gasteiger partial charge in [0.05, 0.1) is 5.56 Å². The first-order chi connectivity index (χ1) is 10.3. The summed E-state index contributed by atoms with van der Waals surface area (Å²) in [6.07, 6.45) is -1.62. The van der Waals surface area contributed by atoms with Crippen LogP contribution >= 0.6 is 12.4 Å². The smallest absolute Gasteiger partial charge is 0.341 e. The number of rotatable bonds is 4. The van der Waals surface area contributed by atoms with Crippen molar-refractivity contribution in [2.45, 2.75) is 32.0 Å². The van der Waals surface area contributed by atoms with Crippen LogP contribution in [0.4, 0.5) is 13.2 Å². The van der Waals surface area contributed by atoms with Gasteiger partial charge in [0.25, 0.3) is 0 Å². The summed E-state index contributed by atoms with van der Waals surface area (Å²) in [5.41, 5.74) is 5.48. The average molecular weight is 351 g/mol. The van der Waals surface area contributed by atoms with Crippen LogP contribution in [0, 0.1) is 11.8 Å². The van der Waals surface area contributed by atoms with Crippen molar-refractivity contribution in [1.29, 1.82) is 0 Å². The molecule has 0 aliphatic heterocycles. The molecule has 0 spiro atoms. The molecule has 2 rings (SSSR count). The van der Waals surface area contributed by atoms with Gasteiger partial charge in [0, 0.05) is 19.5 Å². The molecule has 0 unspecified atom stereocenters. The van der Waals surface area contributed by atoms with Gasteiger partial charge in [0.1, 0.15) is 0 Å². The van der Waals surface area contributed by atoms with Crippen molar-refractivity contribution in [3.05, 3.63) is 35.4 Å². The highest BCUT2D eigenvalue weighted by Crippen LogP contribution is 2.33. The summed E-state index contributed by atoms with van der Waals surface area (Å²) < 4.78 is 38.1. The van der Waals surface area contributed by atoms with E-state index < -0.39 is 11.7 Å². The lowest BCUT2D eigenvalue weighted by atomic mass is 9.94. The van der Waals surface area contributed by atoms with Crippen molar-refractivity contribution in [2.75, 3.05) is 13.6 Å². The van der Waals surface area contributed by atoms with Gasteiger partial charge < -0.3 is 10.6 Å². The van der Waals surface area contributed by atoms with E-state index in [4.69, 9.17) is 5.73 Å². The van der Waals surface area contributed by atoms with E-state index in [0.717, 1.165) is 31.4 Å². The second kappa shape index (κ2) is 8.02. The van der Waals surface area contributed by atoms with Crippen LogP contribution in [-0.4, -0.2) is 24.4 Å². The fourth-order valence-electron chi connectivity index (χ4n) is 3.12. The Labute approximate surface area is 140 Å². The van der Waals surface area contributed by atoms with Crippen molar-refractivity contribution < 1.29 is 18.0 Å². The van der Waals surface area contributed by atoms with Crippen LogP contribution in [-0.2, 0) is 17.5 Å². The molecule has 3 nitrogen and oxygen atoms in total. The number of benzene rings is 1. The Kier molecular flexibility index (Phi) is 6.89. The second-order valence-electron chi connectivity index (χ2n) is 5.93. The zero-order chi connectivity index (χ0) is 16.3. The summed E-state index contributed by atoms with van der Waals surface area (Å²) >= 11 is 0. The van der Waals surface area contributed by atoms with E-state index in [9.17, 15) is 18.0 Å². The fourth-order valence-corrected chi connectivity index (χ4v) is 3.12. The number of alkyl halides is 3. The Morgan fingerprint density at radius 1 is 1.35 bits per heavy atom. The molecule has 2 N–H and O–H groups in total. The zero-order valence-electron chi connectivity index (χ0n) is 13.0. The summed E-state index contributed by atoms with van der Waals surface area (Å²) in [6, 6.07) is 5.11. The third-order valence-electron chi connectivity index (χ3n) is 4.33. The minimum absolute atomic E-state index is 0. The lowest BCUT2D eigenvalue weighted by Crippen LogP contribution is -2.36. The zero-order valence-corrected chi connectivity index (χ0v) is 13.8. The molecule has 130 valence electrons. The molecule has 2 atom stereocenters. The molecular formula is C16H22ClF3N2O. The van der Waals surface area contributed by atoms with Crippen LogP contribution in [0.5, 0.6) is 0 Å². The molecule has 0 heterocycles. The summed E-state index contributed by atoms with van der Waals surface area (Å²) in [5, 5.41) is 0. The van der Waals surface area contributed by atoms with Crippen LogP contribution in [0.3, 0.4) is 0 Å². The molecule has 23 heavy (non-hydrogen) atoms. The van der Waals surface area contributed by atoms with E-state index in [0.29, 0.717) is 12.1 Å². The molecular weight excluding hydrogens is 329 g/mol. The molecule has 0 bridgehead atoms. The maximum atomic E-state index is 12.7. The first-order valence-electron chi connectivity index (χ1n) is 7.44. The third-order valence-corrected chi connectivity index (χ3v) is 4.33. The Morgan fingerprint density at radius 3 is 2.65 bits per heavy atom. The minimum Gasteiger partial charge on any atom is -0.341 e. The van der Waals surface area contributed by atoms with Crippen molar-refractivity contribution in [1.82, 2.24) is 4.90 Å². The number of nitrogens with zero attached hydrogens (tertiary/aromatic N) is 1. The number of hydrogen-bond acceptors (Lipinski definition) is 2. The molecule has 1 saturated carbocycles. The Hall–Kier alpha value is -1.27. The van der Waals surface area contributed by atoms with Crippen molar-refractivity contribution in [3.63, 3.8) is 0 Å². The normalized spacial score (nSPS) is 20.9. The van der Waals surface area contributed by atoms with Crippen molar-refractivity contribution in [2.24, 2.45) is 17.6 Å². The number of carbonyl (C=O) groups excluding carboxylic acids is 1. The highest BCUT2D eigenvalue weighted by molar-refractivity contribution is 5.85. The molecule has 0 radical (unpaired) electrons. The van der Waals surface area contributed by atoms with Crippen LogP contribution in [0.2, 0.25) is 0 Å². The molecule has 1 fully saturated rings. The van der Waals surface area contributed by atoms with E-state index in [1.807, 2.05) is 0 Å². The molecule has 1 amide bonds. The highest BCUT2D eigenvalue weighted by atomic mass is 35.5. The lowest BCUT2D eigenvalue weighted by Gasteiger charge is -2.25. The molecule has 7 heteroatoms. The monoisotopic (exact) mass is 350 g/mol. The first kappa shape index (κ1) is 19.8. The van der Waals surface area contributed by atoms with Gasteiger partial charge in [-0.2, -0.15) is 13.2 Å². The molecule has 0 saturated heterocycles. The maximum Gasteiger partial charge on any atom is 0.416 e. The predicted octanol–water partition coefficient (Wildman–Crippen LogP) is 3.46. The number of carbonyl (C=O) groups is 1. The van der Waals surface area contributed by atoms with Crippen LogP contribution < -0.4 is 5.73 Å². The van der Waals surface area contributed by atoms with Gasteiger partial charge in [-0.15, -0.1) is 12.4 Å². The van der Waals surface area contributed by atoms with Crippen LogP contribution in [0.15, 0.2) is 24.3 Å². The third kappa shape index (κ3) is 4.85. The molecule has 1 aliphatic rings. The van der Waals surface area contributed by atoms with E-state index in [2.05, 4.69) is 0 Å². The summed E-state index contributed by atoms with van der Waals surface area (Å²) in [5.74, 6) is 0.0719. The Bertz CT molecular complexity index is 536. The van der Waals surface area contributed by atoms with E-state index in [1.54, 1.807) is 13.1 Å². The maximum absolute atomic E-state index is 12.7. The van der Waals surface area contributed by atoms with Gasteiger partial charge in [-0.25, -0.2) is 0 Å². The standard InChI is InChI=1S/C16H21F3N2O.ClH/c1-21(15(22)14-7-3-5-12(14)9-20)10-11-4-2-6-13(8-11)16(17,18)19;/h2,4,6,8,12,14H,3,5,7,9-10,20H2,1H3;1H/t12-,14-;/m1./s1. The Morgan fingerprint density at radius 2 is 2.04 bits per heavy atom. The summed E-state index contributed by atoms with van der Waals surface area (Å²) in [7, 11) is 1.63. The van der Waals surface area contributed by atoms with E-state index in [1.165, 1.54) is 11.0 Å². The van der Waals surface area contributed by atoms with Gasteiger partial charge in [0.2, 0.25) is 5.91 Å². The minimum atomic E-state index is -4.37. The SMILES string of the molecule is CN(Cc1cccc(C(F)(F)F)c1)C(=O)[C@@H]1CCC[C@@H]1CN.Cl. The van der Waals surface area contributed by atoms with Gasteiger partial charge >= 0.3 is 6.18 Å². The Balaban J connectivity index is 0.00000264. The van der Waals surface area contributed by atoms with Crippen molar-refractivity contribution >= 4 is 18.3 Å². The van der Waals surface area contributed by atoms with Crippen LogP contribution in [0.25, 0.3) is 0 Å². The predicted molar refractivity (Wildman–Crippen MR) is 85.1 cm³/mol. The van der Waals surface area contributed by atoms with Gasteiger partial charge in [0.15, 0.2) is 0 Å². The number of hydrogen-bond donors (Lipinski definition) is 1. The number of nitrogens with two attached hydrogens (primary N) is 1. The van der Waals surface area contributed by atoms with Gasteiger partial charge in [-0.05, 0) is 43.0 Å². The van der Waals surface area contributed by atoms with Crippen LogP contribution in [0.1, 0.15) is 30.4 Å². The van der Waals surface area contributed by atoms with E-state index >= 15 is 0 Å². The largest absolute Gasteiger partial charge is 0.416 e. The second-order valence-corrected chi connectivity index (χ2v) is 5.93. The molecule has 1 aromatic rings. The number of amides is 1. The first-order valence-corrected chi connectivity index (χ1v) is 7.44. The summed E-state index contributed by atoms with van der Waals surface area (Å²) in [4.78, 5) is 14.0. The van der Waals surface area contributed by atoms with E-state index in [-0.39, 0.29) is 36.7 Å². The van der Waals surface area contributed by atoms with Gasteiger partial charge in [-0.1, -0.05) is 18.6 Å². The molecule has 1 aliphatic carbocycles. The average Bonchev–Trinajstić information content (AvgIpc) is 2.94. The van der Waals surface area contributed by atoms with Crippen molar-refractivity contribution in [3.8, 4) is 0 Å². The highest BCUT2D eigenvalue weighted by Gasteiger charge is 2.34.